The summed E-state index contributed by atoms with van der Waals surface area (Å²) in [6, 6.07) is 11.0. The normalized spacial score (nSPS) is 11.6. The Bertz CT molecular complexity index is 924. The van der Waals surface area contributed by atoms with Gasteiger partial charge in [-0.25, -0.2) is 0 Å². The van der Waals surface area contributed by atoms with Crippen molar-refractivity contribution >= 4 is 17.9 Å². The van der Waals surface area contributed by atoms with Crippen molar-refractivity contribution in [2.75, 3.05) is 13.7 Å². The van der Waals surface area contributed by atoms with Gasteiger partial charge in [-0.15, -0.1) is 0 Å². The van der Waals surface area contributed by atoms with E-state index in [1.165, 1.54) is 6.08 Å². The van der Waals surface area contributed by atoms with Gasteiger partial charge in [-0.3, -0.25) is 20.4 Å². The van der Waals surface area contributed by atoms with Crippen LogP contribution in [0.1, 0.15) is 30.5 Å². The maximum atomic E-state index is 12.2. The lowest BCUT2D eigenvalue weighted by atomic mass is 10.1. The SMILES string of the molecule is CCOc1cc(/C=C/C(=O)NNC(=O)C(C)Oc2cccc(C)c2C)ccc1OC. The molecule has 160 valence electrons. The van der Waals surface area contributed by atoms with Crippen molar-refractivity contribution in [3.8, 4) is 17.2 Å². The minimum absolute atomic E-state index is 0.458. The summed E-state index contributed by atoms with van der Waals surface area (Å²) < 4.78 is 16.4. The zero-order chi connectivity index (χ0) is 22.1. The van der Waals surface area contributed by atoms with Crippen LogP contribution in [-0.2, 0) is 9.59 Å². The molecule has 0 saturated heterocycles. The molecule has 2 aromatic rings. The molecule has 2 N–H and O–H groups in total. The van der Waals surface area contributed by atoms with Crippen molar-refractivity contribution in [2.45, 2.75) is 33.8 Å². The highest BCUT2D eigenvalue weighted by Gasteiger charge is 2.16. The highest BCUT2D eigenvalue weighted by Crippen LogP contribution is 2.28. The molecule has 0 aromatic heterocycles. The molecule has 0 radical (unpaired) electrons. The van der Waals surface area contributed by atoms with Gasteiger partial charge >= 0.3 is 0 Å². The fourth-order valence-corrected chi connectivity index (χ4v) is 2.60. The summed E-state index contributed by atoms with van der Waals surface area (Å²) in [6.07, 6.45) is 2.15. The van der Waals surface area contributed by atoms with Gasteiger partial charge in [-0.1, -0.05) is 18.2 Å². The first-order valence-corrected chi connectivity index (χ1v) is 9.67. The molecule has 0 aliphatic rings. The zero-order valence-corrected chi connectivity index (χ0v) is 17.9. The lowest BCUT2D eigenvalue weighted by Crippen LogP contribution is -2.46. The van der Waals surface area contributed by atoms with E-state index < -0.39 is 17.9 Å². The quantitative estimate of drug-likeness (QED) is 0.513. The number of benzene rings is 2. The van der Waals surface area contributed by atoms with Gasteiger partial charge in [-0.05, 0) is 68.7 Å². The van der Waals surface area contributed by atoms with Crippen LogP contribution in [0.3, 0.4) is 0 Å². The first kappa shape index (κ1) is 22.8. The van der Waals surface area contributed by atoms with Crippen molar-refractivity contribution in [3.63, 3.8) is 0 Å². The molecule has 1 unspecified atom stereocenters. The fourth-order valence-electron chi connectivity index (χ4n) is 2.60. The fraction of sp³-hybridized carbons (Fsp3) is 0.304. The highest BCUT2D eigenvalue weighted by atomic mass is 16.5. The van der Waals surface area contributed by atoms with E-state index in [4.69, 9.17) is 14.2 Å². The summed E-state index contributed by atoms with van der Waals surface area (Å²) in [6.45, 7) is 7.89. The first-order valence-electron chi connectivity index (χ1n) is 9.67. The Morgan fingerprint density at radius 1 is 1.07 bits per heavy atom. The number of carbonyl (C=O) groups is 2. The molecule has 30 heavy (non-hydrogen) atoms. The first-order chi connectivity index (χ1) is 14.3. The second kappa shape index (κ2) is 10.9. The Morgan fingerprint density at radius 3 is 2.53 bits per heavy atom. The standard InChI is InChI=1S/C23H28N2O5/c1-6-29-21-14-18(10-12-20(21)28-5)11-13-22(26)24-25-23(27)17(4)30-19-9-7-8-15(2)16(19)3/h7-14,17H,6H2,1-5H3,(H,24,26)(H,25,27)/b13-11+. The number of rotatable bonds is 8. The average Bonchev–Trinajstić information content (AvgIpc) is 2.74. The molecule has 7 nitrogen and oxygen atoms in total. The summed E-state index contributed by atoms with van der Waals surface area (Å²) in [5.41, 5.74) is 7.51. The molecule has 0 aliphatic heterocycles. The average molecular weight is 412 g/mol. The van der Waals surface area contributed by atoms with Gasteiger partial charge in [0.05, 0.1) is 13.7 Å². The van der Waals surface area contributed by atoms with Gasteiger partial charge in [0.2, 0.25) is 0 Å². The van der Waals surface area contributed by atoms with Crippen LogP contribution < -0.4 is 25.1 Å². The van der Waals surface area contributed by atoms with Crippen LogP contribution in [0.5, 0.6) is 17.2 Å². The van der Waals surface area contributed by atoms with Crippen LogP contribution in [0.4, 0.5) is 0 Å². The molecular formula is C23H28N2O5. The predicted octanol–water partition coefficient (Wildman–Crippen LogP) is 3.34. The smallest absolute Gasteiger partial charge is 0.279 e. The minimum Gasteiger partial charge on any atom is -0.493 e. The third-order valence-corrected chi connectivity index (χ3v) is 4.45. The van der Waals surface area contributed by atoms with E-state index in [2.05, 4.69) is 10.9 Å². The minimum atomic E-state index is -0.773. The molecule has 7 heteroatoms. The Balaban J connectivity index is 1.89. The topological polar surface area (TPSA) is 85.9 Å². The van der Waals surface area contributed by atoms with Crippen LogP contribution >= 0.6 is 0 Å². The summed E-state index contributed by atoms with van der Waals surface area (Å²) in [5.74, 6) is 0.905. The molecule has 0 aliphatic carbocycles. The van der Waals surface area contributed by atoms with Gasteiger partial charge in [0.25, 0.3) is 11.8 Å². The monoisotopic (exact) mass is 412 g/mol. The lowest BCUT2D eigenvalue weighted by molar-refractivity contribution is -0.131. The van der Waals surface area contributed by atoms with Gasteiger partial charge in [0.15, 0.2) is 17.6 Å². The largest absolute Gasteiger partial charge is 0.493 e. The van der Waals surface area contributed by atoms with Crippen LogP contribution in [0, 0.1) is 13.8 Å². The maximum Gasteiger partial charge on any atom is 0.279 e. The van der Waals surface area contributed by atoms with Gasteiger partial charge < -0.3 is 14.2 Å². The van der Waals surface area contributed by atoms with Crippen molar-refractivity contribution in [2.24, 2.45) is 0 Å². The van der Waals surface area contributed by atoms with E-state index >= 15 is 0 Å². The number of methoxy groups -OCH3 is 1. The number of nitrogens with one attached hydrogen (secondary N) is 2. The lowest BCUT2D eigenvalue weighted by Gasteiger charge is -2.17. The highest BCUT2D eigenvalue weighted by molar-refractivity contribution is 5.93. The van der Waals surface area contributed by atoms with Crippen molar-refractivity contribution in [1.29, 1.82) is 0 Å². The zero-order valence-electron chi connectivity index (χ0n) is 17.9. The summed E-state index contributed by atoms with van der Waals surface area (Å²) in [7, 11) is 1.56. The number of hydrazine groups is 1. The van der Waals surface area contributed by atoms with Crippen molar-refractivity contribution < 1.29 is 23.8 Å². The van der Waals surface area contributed by atoms with Gasteiger partial charge in [0, 0.05) is 6.08 Å². The Morgan fingerprint density at radius 2 is 1.83 bits per heavy atom. The third kappa shape index (κ3) is 6.27. The van der Waals surface area contributed by atoms with E-state index in [1.807, 2.05) is 32.9 Å². The van der Waals surface area contributed by atoms with Gasteiger partial charge in [-0.2, -0.15) is 0 Å². The third-order valence-electron chi connectivity index (χ3n) is 4.45. The maximum absolute atomic E-state index is 12.2. The molecule has 0 saturated carbocycles. The molecule has 0 spiro atoms. The van der Waals surface area contributed by atoms with Crippen molar-refractivity contribution in [3.05, 3.63) is 59.2 Å². The number of aryl methyl sites for hydroxylation is 1. The summed E-state index contributed by atoms with van der Waals surface area (Å²) >= 11 is 0. The summed E-state index contributed by atoms with van der Waals surface area (Å²) in [5, 5.41) is 0. The Hall–Kier alpha value is -3.48. The molecule has 0 fully saturated rings. The number of hydrogen-bond acceptors (Lipinski definition) is 5. The van der Waals surface area contributed by atoms with E-state index in [0.29, 0.717) is 23.9 Å². The summed E-state index contributed by atoms with van der Waals surface area (Å²) in [4.78, 5) is 24.2. The second-order valence-corrected chi connectivity index (χ2v) is 6.61. The number of carbonyl (C=O) groups excluding carboxylic acids is 2. The van der Waals surface area contributed by atoms with E-state index in [1.54, 1.807) is 44.4 Å². The Labute approximate surface area is 177 Å². The molecule has 2 rings (SSSR count). The molecular weight excluding hydrogens is 384 g/mol. The Kier molecular flexibility index (Phi) is 8.29. The number of amides is 2. The van der Waals surface area contributed by atoms with E-state index in [-0.39, 0.29) is 0 Å². The van der Waals surface area contributed by atoms with E-state index in [9.17, 15) is 9.59 Å². The van der Waals surface area contributed by atoms with E-state index in [0.717, 1.165) is 16.7 Å². The molecule has 0 heterocycles. The van der Waals surface area contributed by atoms with Crippen molar-refractivity contribution in [1.82, 2.24) is 10.9 Å². The molecule has 2 aromatic carbocycles. The number of hydrogen-bond donors (Lipinski definition) is 2. The van der Waals surface area contributed by atoms with Crippen LogP contribution in [0.2, 0.25) is 0 Å². The molecule has 0 bridgehead atoms. The second-order valence-electron chi connectivity index (χ2n) is 6.61. The number of ether oxygens (including phenoxy) is 3. The predicted molar refractivity (Wildman–Crippen MR) is 115 cm³/mol. The molecule has 1 atom stereocenters. The van der Waals surface area contributed by atoms with Crippen LogP contribution in [0.25, 0.3) is 6.08 Å². The molecule has 2 amide bonds. The van der Waals surface area contributed by atoms with Crippen LogP contribution in [-0.4, -0.2) is 31.6 Å². The van der Waals surface area contributed by atoms with Crippen LogP contribution in [0.15, 0.2) is 42.5 Å². The van der Waals surface area contributed by atoms with Gasteiger partial charge in [0.1, 0.15) is 5.75 Å².